The molecular weight excluding hydrogens is 188 g/mol. The standard InChI is InChI=1S/C9H18O5/c1-4(2)8-6(11)5(10)7(12)9(13-3)14-8/h4-12H,1-3H3. The van der Waals surface area contributed by atoms with E-state index in [1.54, 1.807) is 0 Å². The van der Waals surface area contributed by atoms with E-state index in [4.69, 9.17) is 9.47 Å². The van der Waals surface area contributed by atoms with Crippen molar-refractivity contribution in [2.45, 2.75) is 44.6 Å². The Kier molecular flexibility index (Phi) is 3.86. The number of aliphatic hydroxyl groups excluding tert-OH is 3. The molecule has 0 aromatic heterocycles. The Morgan fingerprint density at radius 1 is 1.07 bits per heavy atom. The van der Waals surface area contributed by atoms with Crippen molar-refractivity contribution in [1.29, 1.82) is 0 Å². The number of methoxy groups -OCH3 is 1. The van der Waals surface area contributed by atoms with Crippen molar-refractivity contribution in [1.82, 2.24) is 0 Å². The zero-order valence-corrected chi connectivity index (χ0v) is 8.62. The molecule has 1 aliphatic heterocycles. The Bertz CT molecular complexity index is 182. The van der Waals surface area contributed by atoms with Crippen LogP contribution in [0.5, 0.6) is 0 Å². The second-order valence-corrected chi connectivity index (χ2v) is 3.92. The van der Waals surface area contributed by atoms with Crippen LogP contribution in [0.3, 0.4) is 0 Å². The molecule has 14 heavy (non-hydrogen) atoms. The van der Waals surface area contributed by atoms with Crippen molar-refractivity contribution < 1.29 is 24.8 Å². The van der Waals surface area contributed by atoms with Crippen LogP contribution in [0, 0.1) is 5.92 Å². The van der Waals surface area contributed by atoms with Crippen LogP contribution in [0.1, 0.15) is 13.8 Å². The third-order valence-electron chi connectivity index (χ3n) is 2.50. The zero-order chi connectivity index (χ0) is 10.9. The molecule has 5 unspecified atom stereocenters. The van der Waals surface area contributed by atoms with Gasteiger partial charge in [-0.15, -0.1) is 0 Å². The lowest BCUT2D eigenvalue weighted by molar-refractivity contribution is -0.297. The van der Waals surface area contributed by atoms with Crippen LogP contribution in [0.4, 0.5) is 0 Å². The SMILES string of the molecule is COC1OC(C(C)C)C(O)C(O)C1O. The number of aliphatic hydroxyl groups is 3. The van der Waals surface area contributed by atoms with Gasteiger partial charge in [0.25, 0.3) is 0 Å². The molecule has 0 saturated carbocycles. The molecule has 1 saturated heterocycles. The summed E-state index contributed by atoms with van der Waals surface area (Å²) >= 11 is 0. The summed E-state index contributed by atoms with van der Waals surface area (Å²) in [4.78, 5) is 0. The second kappa shape index (κ2) is 4.55. The number of hydrogen-bond acceptors (Lipinski definition) is 5. The molecule has 0 amide bonds. The second-order valence-electron chi connectivity index (χ2n) is 3.92. The van der Waals surface area contributed by atoms with E-state index in [2.05, 4.69) is 0 Å². The van der Waals surface area contributed by atoms with Crippen molar-refractivity contribution in [3.05, 3.63) is 0 Å². The van der Waals surface area contributed by atoms with Gasteiger partial charge < -0.3 is 24.8 Å². The molecule has 0 radical (unpaired) electrons. The first-order chi connectivity index (χ1) is 6.49. The third-order valence-corrected chi connectivity index (χ3v) is 2.50. The molecule has 1 rings (SSSR count). The fourth-order valence-corrected chi connectivity index (χ4v) is 1.62. The van der Waals surface area contributed by atoms with Gasteiger partial charge in [-0.05, 0) is 5.92 Å². The maximum absolute atomic E-state index is 9.60. The van der Waals surface area contributed by atoms with Crippen LogP contribution in [0.25, 0.3) is 0 Å². The van der Waals surface area contributed by atoms with Gasteiger partial charge in [-0.3, -0.25) is 0 Å². The Morgan fingerprint density at radius 3 is 2.07 bits per heavy atom. The average molecular weight is 206 g/mol. The van der Waals surface area contributed by atoms with Gasteiger partial charge in [0.05, 0.1) is 6.10 Å². The van der Waals surface area contributed by atoms with Crippen LogP contribution in [-0.4, -0.2) is 53.1 Å². The molecule has 3 N–H and O–H groups in total. The monoisotopic (exact) mass is 206 g/mol. The molecule has 1 fully saturated rings. The van der Waals surface area contributed by atoms with Gasteiger partial charge in [-0.25, -0.2) is 0 Å². The smallest absolute Gasteiger partial charge is 0.186 e. The van der Waals surface area contributed by atoms with Gasteiger partial charge in [0, 0.05) is 7.11 Å². The van der Waals surface area contributed by atoms with Crippen LogP contribution >= 0.6 is 0 Å². The predicted octanol–water partition coefficient (Wildman–Crippen LogP) is -0.904. The van der Waals surface area contributed by atoms with E-state index < -0.39 is 30.7 Å². The predicted molar refractivity (Wildman–Crippen MR) is 48.5 cm³/mol. The quantitative estimate of drug-likeness (QED) is 0.545. The van der Waals surface area contributed by atoms with Crippen molar-refractivity contribution in [2.75, 3.05) is 7.11 Å². The first-order valence-electron chi connectivity index (χ1n) is 4.71. The van der Waals surface area contributed by atoms with E-state index in [9.17, 15) is 15.3 Å². The van der Waals surface area contributed by atoms with Gasteiger partial charge in [0.1, 0.15) is 18.3 Å². The summed E-state index contributed by atoms with van der Waals surface area (Å²) in [5.74, 6) is 0.0461. The molecule has 5 atom stereocenters. The summed E-state index contributed by atoms with van der Waals surface area (Å²) in [5.41, 5.74) is 0. The highest BCUT2D eigenvalue weighted by atomic mass is 16.7. The molecule has 84 valence electrons. The topological polar surface area (TPSA) is 79.2 Å². The number of hydrogen-bond donors (Lipinski definition) is 3. The average Bonchev–Trinajstić information content (AvgIpc) is 2.14. The van der Waals surface area contributed by atoms with Gasteiger partial charge in [-0.1, -0.05) is 13.8 Å². The van der Waals surface area contributed by atoms with E-state index in [1.165, 1.54) is 7.11 Å². The van der Waals surface area contributed by atoms with Crippen LogP contribution in [0.15, 0.2) is 0 Å². The molecular formula is C9H18O5. The van der Waals surface area contributed by atoms with Crippen LogP contribution in [0.2, 0.25) is 0 Å². The Hall–Kier alpha value is -0.200. The van der Waals surface area contributed by atoms with Crippen molar-refractivity contribution in [2.24, 2.45) is 5.92 Å². The summed E-state index contributed by atoms with van der Waals surface area (Å²) in [7, 11) is 1.38. The number of ether oxygens (including phenoxy) is 2. The largest absolute Gasteiger partial charge is 0.388 e. The van der Waals surface area contributed by atoms with E-state index in [1.807, 2.05) is 13.8 Å². The summed E-state index contributed by atoms with van der Waals surface area (Å²) in [6, 6.07) is 0. The van der Waals surface area contributed by atoms with Gasteiger partial charge >= 0.3 is 0 Å². The summed E-state index contributed by atoms with van der Waals surface area (Å²) in [5, 5.41) is 28.6. The van der Waals surface area contributed by atoms with Crippen molar-refractivity contribution >= 4 is 0 Å². The van der Waals surface area contributed by atoms with E-state index >= 15 is 0 Å². The molecule has 1 heterocycles. The Balaban J connectivity index is 2.73. The summed E-state index contributed by atoms with van der Waals surface area (Å²) < 4.78 is 10.2. The van der Waals surface area contributed by atoms with E-state index in [-0.39, 0.29) is 5.92 Å². The fraction of sp³-hybridized carbons (Fsp3) is 1.00. The third kappa shape index (κ3) is 2.07. The lowest BCUT2D eigenvalue weighted by Crippen LogP contribution is -2.59. The first-order valence-corrected chi connectivity index (χ1v) is 4.71. The minimum atomic E-state index is -1.22. The summed E-state index contributed by atoms with van der Waals surface area (Å²) in [6.07, 6.45) is -4.89. The highest BCUT2D eigenvalue weighted by molar-refractivity contribution is 4.90. The minimum Gasteiger partial charge on any atom is -0.388 e. The Morgan fingerprint density at radius 2 is 1.64 bits per heavy atom. The molecule has 0 aromatic carbocycles. The molecule has 5 heteroatoms. The normalized spacial score (nSPS) is 44.4. The maximum Gasteiger partial charge on any atom is 0.186 e. The highest BCUT2D eigenvalue weighted by Crippen LogP contribution is 2.25. The van der Waals surface area contributed by atoms with Gasteiger partial charge in [0.2, 0.25) is 0 Å². The minimum absolute atomic E-state index is 0.0461. The first kappa shape index (κ1) is 11.9. The maximum atomic E-state index is 9.60. The molecule has 0 bridgehead atoms. The molecule has 0 spiro atoms. The molecule has 0 aliphatic carbocycles. The lowest BCUT2D eigenvalue weighted by atomic mass is 9.92. The van der Waals surface area contributed by atoms with Crippen molar-refractivity contribution in [3.8, 4) is 0 Å². The van der Waals surface area contributed by atoms with Crippen LogP contribution in [-0.2, 0) is 9.47 Å². The van der Waals surface area contributed by atoms with Gasteiger partial charge in [0.15, 0.2) is 6.29 Å². The van der Waals surface area contributed by atoms with E-state index in [0.717, 1.165) is 0 Å². The molecule has 1 aliphatic rings. The van der Waals surface area contributed by atoms with Gasteiger partial charge in [-0.2, -0.15) is 0 Å². The zero-order valence-electron chi connectivity index (χ0n) is 8.62. The van der Waals surface area contributed by atoms with Crippen LogP contribution < -0.4 is 0 Å². The molecule has 0 aromatic rings. The number of rotatable bonds is 2. The fourth-order valence-electron chi connectivity index (χ4n) is 1.62. The lowest BCUT2D eigenvalue weighted by Gasteiger charge is -2.41. The van der Waals surface area contributed by atoms with E-state index in [0.29, 0.717) is 0 Å². The Labute approximate surface area is 83.3 Å². The molecule has 5 nitrogen and oxygen atoms in total. The highest BCUT2D eigenvalue weighted by Gasteiger charge is 2.44. The van der Waals surface area contributed by atoms with Crippen molar-refractivity contribution in [3.63, 3.8) is 0 Å². The summed E-state index contributed by atoms with van der Waals surface area (Å²) in [6.45, 7) is 3.73.